The first kappa shape index (κ1) is 11.2. The minimum Gasteiger partial charge on any atom is -0.373 e. The molecule has 0 fully saturated rings. The van der Waals surface area contributed by atoms with E-state index < -0.39 is 0 Å². The van der Waals surface area contributed by atoms with E-state index in [-0.39, 0.29) is 0 Å². The normalized spacial score (nSPS) is 16.2. The van der Waals surface area contributed by atoms with E-state index in [1.807, 2.05) is 18.2 Å². The zero-order valence-corrected chi connectivity index (χ0v) is 9.73. The average Bonchev–Trinajstić information content (AvgIpc) is 2.81. The smallest absolute Gasteiger partial charge is 0.0720 e. The summed E-state index contributed by atoms with van der Waals surface area (Å²) in [6.45, 7) is 2.85. The Morgan fingerprint density at radius 3 is 2.75 bits per heavy atom. The number of ether oxygens (including phenoxy) is 1. The highest BCUT2D eigenvalue weighted by atomic mass is 16.5. The molecule has 0 saturated heterocycles. The van der Waals surface area contributed by atoms with Gasteiger partial charge in [-0.15, -0.1) is 0 Å². The molecule has 1 aliphatic rings. The molecule has 0 unspecified atom stereocenters. The number of rotatable bonds is 5. The Kier molecular flexibility index (Phi) is 3.95. The minimum atomic E-state index is 0.298. The summed E-state index contributed by atoms with van der Waals surface area (Å²) >= 11 is 0. The van der Waals surface area contributed by atoms with Crippen LogP contribution in [0.3, 0.4) is 0 Å². The van der Waals surface area contributed by atoms with Gasteiger partial charge in [-0.2, -0.15) is 0 Å². The maximum absolute atomic E-state index is 5.82. The van der Waals surface area contributed by atoms with E-state index in [4.69, 9.17) is 4.74 Å². The molecular weight excluding hydrogens is 196 g/mol. The summed E-state index contributed by atoms with van der Waals surface area (Å²) in [4.78, 5) is 0. The van der Waals surface area contributed by atoms with Crippen LogP contribution in [-0.2, 0) is 11.3 Å². The Morgan fingerprint density at radius 2 is 2.06 bits per heavy atom. The zero-order chi connectivity index (χ0) is 11.2. The predicted molar refractivity (Wildman–Crippen MR) is 67.2 cm³/mol. The van der Waals surface area contributed by atoms with Crippen LogP contribution in [0, 0.1) is 0 Å². The summed E-state index contributed by atoms with van der Waals surface area (Å²) in [6.07, 6.45) is 8.95. The van der Waals surface area contributed by atoms with Gasteiger partial charge < -0.3 is 4.74 Å². The molecular formula is C15H18O. The van der Waals surface area contributed by atoms with Gasteiger partial charge in [0.25, 0.3) is 0 Å². The van der Waals surface area contributed by atoms with Crippen LogP contribution in [0.15, 0.2) is 54.1 Å². The molecule has 1 atom stereocenters. The molecule has 0 N–H and O–H groups in total. The highest BCUT2D eigenvalue weighted by Crippen LogP contribution is 2.18. The number of allylic oxidation sites excluding steroid dienone is 3. The van der Waals surface area contributed by atoms with Crippen LogP contribution in [-0.4, -0.2) is 6.10 Å². The first-order valence-corrected chi connectivity index (χ1v) is 5.84. The van der Waals surface area contributed by atoms with Crippen molar-refractivity contribution in [3.05, 3.63) is 59.7 Å². The monoisotopic (exact) mass is 214 g/mol. The molecule has 0 heterocycles. The molecule has 0 aromatic heterocycles. The Morgan fingerprint density at radius 1 is 1.25 bits per heavy atom. The van der Waals surface area contributed by atoms with Gasteiger partial charge in [0.2, 0.25) is 0 Å². The summed E-state index contributed by atoms with van der Waals surface area (Å²) in [6, 6.07) is 10.3. The van der Waals surface area contributed by atoms with Crippen LogP contribution < -0.4 is 0 Å². The largest absolute Gasteiger partial charge is 0.373 e. The van der Waals surface area contributed by atoms with E-state index in [0.717, 1.165) is 12.8 Å². The Balaban J connectivity index is 1.73. The molecule has 1 aromatic rings. The molecule has 1 aromatic carbocycles. The van der Waals surface area contributed by atoms with E-state index >= 15 is 0 Å². The van der Waals surface area contributed by atoms with Gasteiger partial charge in [-0.05, 0) is 25.3 Å². The highest BCUT2D eigenvalue weighted by molar-refractivity contribution is 5.23. The van der Waals surface area contributed by atoms with E-state index in [1.165, 1.54) is 11.1 Å². The van der Waals surface area contributed by atoms with Gasteiger partial charge in [0.15, 0.2) is 0 Å². The maximum Gasteiger partial charge on any atom is 0.0720 e. The van der Waals surface area contributed by atoms with E-state index in [2.05, 4.69) is 37.3 Å². The van der Waals surface area contributed by atoms with Gasteiger partial charge in [-0.25, -0.2) is 0 Å². The lowest BCUT2D eigenvalue weighted by Gasteiger charge is -2.13. The third-order valence-electron chi connectivity index (χ3n) is 2.78. The summed E-state index contributed by atoms with van der Waals surface area (Å²) < 4.78 is 5.82. The van der Waals surface area contributed by atoms with Gasteiger partial charge >= 0.3 is 0 Å². The van der Waals surface area contributed by atoms with Crippen molar-refractivity contribution in [3.63, 3.8) is 0 Å². The van der Waals surface area contributed by atoms with Crippen LogP contribution in [0.1, 0.15) is 25.3 Å². The van der Waals surface area contributed by atoms with Crippen molar-refractivity contribution in [2.45, 2.75) is 32.5 Å². The number of benzene rings is 1. The first-order valence-electron chi connectivity index (χ1n) is 5.84. The lowest BCUT2D eigenvalue weighted by molar-refractivity contribution is 0.0533. The zero-order valence-electron chi connectivity index (χ0n) is 9.73. The fourth-order valence-corrected chi connectivity index (χ4v) is 1.88. The second kappa shape index (κ2) is 5.66. The third-order valence-corrected chi connectivity index (χ3v) is 2.78. The Bertz CT molecular complexity index is 376. The predicted octanol–water partition coefficient (Wildman–Crippen LogP) is 3.87. The molecule has 0 aliphatic heterocycles. The quantitative estimate of drug-likeness (QED) is 0.723. The van der Waals surface area contributed by atoms with Crippen molar-refractivity contribution in [2.75, 3.05) is 0 Å². The molecule has 0 saturated carbocycles. The van der Waals surface area contributed by atoms with Crippen molar-refractivity contribution in [1.29, 1.82) is 0 Å². The molecule has 1 heteroatoms. The van der Waals surface area contributed by atoms with Crippen LogP contribution in [0.5, 0.6) is 0 Å². The molecule has 0 bridgehead atoms. The topological polar surface area (TPSA) is 9.23 Å². The van der Waals surface area contributed by atoms with Crippen molar-refractivity contribution in [2.24, 2.45) is 0 Å². The molecule has 0 amide bonds. The van der Waals surface area contributed by atoms with Crippen LogP contribution in [0.2, 0.25) is 0 Å². The Labute approximate surface area is 97.4 Å². The second-order valence-electron chi connectivity index (χ2n) is 4.27. The van der Waals surface area contributed by atoms with Crippen molar-refractivity contribution >= 4 is 0 Å². The van der Waals surface area contributed by atoms with Crippen LogP contribution >= 0.6 is 0 Å². The van der Waals surface area contributed by atoms with E-state index in [9.17, 15) is 0 Å². The average molecular weight is 214 g/mol. The Hall–Kier alpha value is -1.34. The van der Waals surface area contributed by atoms with Crippen molar-refractivity contribution in [1.82, 2.24) is 0 Å². The van der Waals surface area contributed by atoms with Gasteiger partial charge in [0, 0.05) is 0 Å². The molecule has 1 aliphatic carbocycles. The SMILES string of the molecule is C[C@H](CC1=CC=CC1)OCc1ccccc1. The molecule has 1 nitrogen and oxygen atoms in total. The summed E-state index contributed by atoms with van der Waals surface area (Å²) in [5, 5.41) is 0. The molecule has 0 radical (unpaired) electrons. The number of hydrogen-bond acceptors (Lipinski definition) is 1. The van der Waals surface area contributed by atoms with E-state index in [1.54, 1.807) is 0 Å². The van der Waals surface area contributed by atoms with Crippen molar-refractivity contribution < 1.29 is 4.74 Å². The molecule has 2 rings (SSSR count). The highest BCUT2D eigenvalue weighted by Gasteiger charge is 2.07. The van der Waals surface area contributed by atoms with Gasteiger partial charge in [-0.1, -0.05) is 54.1 Å². The lowest BCUT2D eigenvalue weighted by Crippen LogP contribution is -2.08. The number of hydrogen-bond donors (Lipinski definition) is 0. The molecule has 0 spiro atoms. The molecule has 16 heavy (non-hydrogen) atoms. The third kappa shape index (κ3) is 3.35. The summed E-state index contributed by atoms with van der Waals surface area (Å²) in [5.74, 6) is 0. The van der Waals surface area contributed by atoms with Crippen molar-refractivity contribution in [3.8, 4) is 0 Å². The van der Waals surface area contributed by atoms with Gasteiger partial charge in [0.1, 0.15) is 0 Å². The van der Waals surface area contributed by atoms with Gasteiger partial charge in [-0.3, -0.25) is 0 Å². The van der Waals surface area contributed by atoms with Crippen LogP contribution in [0.4, 0.5) is 0 Å². The first-order chi connectivity index (χ1) is 7.84. The summed E-state index contributed by atoms with van der Waals surface area (Å²) in [5.41, 5.74) is 2.72. The second-order valence-corrected chi connectivity index (χ2v) is 4.27. The van der Waals surface area contributed by atoms with Crippen LogP contribution in [0.25, 0.3) is 0 Å². The fraction of sp³-hybridized carbons (Fsp3) is 0.333. The fourth-order valence-electron chi connectivity index (χ4n) is 1.88. The lowest BCUT2D eigenvalue weighted by atomic mass is 10.1. The van der Waals surface area contributed by atoms with Gasteiger partial charge in [0.05, 0.1) is 12.7 Å². The minimum absolute atomic E-state index is 0.298. The maximum atomic E-state index is 5.82. The standard InChI is InChI=1S/C15H18O/c1-13(11-14-7-5-6-8-14)16-12-15-9-3-2-4-10-15/h2-7,9-10,13H,8,11-12H2,1H3/t13-/m1/s1. The summed E-state index contributed by atoms with van der Waals surface area (Å²) in [7, 11) is 0. The molecule has 84 valence electrons. The van der Waals surface area contributed by atoms with E-state index in [0.29, 0.717) is 12.7 Å².